The largest absolute Gasteiger partial charge is 0.490 e. The highest BCUT2D eigenvalue weighted by atomic mass is 32.1. The molecule has 2 aromatic rings. The number of rotatable bonds is 2. The molecular weight excluding hydrogens is 298 g/mol. The number of nitrogens with zero attached hydrogens (tertiary/aromatic N) is 1. The lowest BCUT2D eigenvalue weighted by Crippen LogP contribution is -2.05. The number of thiophene rings is 1. The molecule has 0 amide bonds. The van der Waals surface area contributed by atoms with Crippen LogP contribution in [0.3, 0.4) is 0 Å². The maximum absolute atomic E-state index is 11.9. The molecule has 0 saturated heterocycles. The molecule has 0 unspecified atom stereocenters. The van der Waals surface area contributed by atoms with Crippen molar-refractivity contribution in [3.8, 4) is 5.75 Å². The number of aliphatic imine (C=N–C) groups is 1. The van der Waals surface area contributed by atoms with E-state index < -0.39 is 5.97 Å². The highest BCUT2D eigenvalue weighted by molar-refractivity contribution is 7.12. The summed E-state index contributed by atoms with van der Waals surface area (Å²) in [5, 5.41) is 1.93. The first-order valence-electron chi connectivity index (χ1n) is 7.05. The number of esters is 1. The topological polar surface area (TPSA) is 47.9 Å². The summed E-state index contributed by atoms with van der Waals surface area (Å²) in [5.41, 5.74) is 2.42. The van der Waals surface area contributed by atoms with Crippen LogP contribution in [-0.2, 0) is 16.0 Å². The Morgan fingerprint density at radius 1 is 1.36 bits per heavy atom. The predicted octanol–water partition coefficient (Wildman–Crippen LogP) is 3.42. The van der Waals surface area contributed by atoms with Gasteiger partial charge in [0.2, 0.25) is 5.90 Å². The van der Waals surface area contributed by atoms with Gasteiger partial charge in [0.05, 0.1) is 4.88 Å². The van der Waals surface area contributed by atoms with Gasteiger partial charge in [-0.3, -0.25) is 0 Å². The fourth-order valence-electron chi connectivity index (χ4n) is 2.60. The first-order chi connectivity index (χ1) is 10.7. The van der Waals surface area contributed by atoms with Gasteiger partial charge in [-0.05, 0) is 47.7 Å². The second kappa shape index (κ2) is 5.10. The molecule has 22 heavy (non-hydrogen) atoms. The zero-order valence-corrected chi connectivity index (χ0v) is 12.7. The molecule has 5 heteroatoms. The molecule has 0 spiro atoms. The fourth-order valence-corrected chi connectivity index (χ4v) is 3.25. The molecule has 4 nitrogen and oxygen atoms in total. The van der Waals surface area contributed by atoms with Gasteiger partial charge in [0.25, 0.3) is 0 Å². The Hall–Kier alpha value is -2.40. The molecule has 2 aliphatic heterocycles. The monoisotopic (exact) mass is 311 g/mol. The van der Waals surface area contributed by atoms with E-state index in [4.69, 9.17) is 9.47 Å². The van der Waals surface area contributed by atoms with Crippen LogP contribution in [0.5, 0.6) is 5.75 Å². The summed E-state index contributed by atoms with van der Waals surface area (Å²) in [6.07, 6.45) is 2.85. The van der Waals surface area contributed by atoms with E-state index in [1.165, 1.54) is 11.3 Å². The van der Waals surface area contributed by atoms with Gasteiger partial charge in [-0.2, -0.15) is 0 Å². The van der Waals surface area contributed by atoms with Gasteiger partial charge in [-0.1, -0.05) is 12.1 Å². The Morgan fingerprint density at radius 2 is 2.27 bits per heavy atom. The van der Waals surface area contributed by atoms with Crippen LogP contribution < -0.4 is 4.74 Å². The van der Waals surface area contributed by atoms with Crippen molar-refractivity contribution in [3.05, 3.63) is 57.4 Å². The minimum absolute atomic E-state index is 0.206. The van der Waals surface area contributed by atoms with Gasteiger partial charge in [0.15, 0.2) is 5.70 Å². The fraction of sp³-hybridized carbons (Fsp3) is 0.176. The summed E-state index contributed by atoms with van der Waals surface area (Å²) in [7, 11) is 0. The Morgan fingerprint density at radius 3 is 3.09 bits per heavy atom. The molecule has 0 bridgehead atoms. The van der Waals surface area contributed by atoms with Gasteiger partial charge >= 0.3 is 5.97 Å². The number of hydrogen-bond donors (Lipinski definition) is 0. The van der Waals surface area contributed by atoms with Crippen molar-refractivity contribution in [2.45, 2.75) is 19.4 Å². The van der Waals surface area contributed by atoms with E-state index in [2.05, 4.69) is 4.99 Å². The van der Waals surface area contributed by atoms with Gasteiger partial charge in [-0.25, -0.2) is 9.79 Å². The van der Waals surface area contributed by atoms with Crippen LogP contribution in [0.2, 0.25) is 0 Å². The summed E-state index contributed by atoms with van der Waals surface area (Å²) in [6, 6.07) is 9.69. The molecule has 1 aromatic carbocycles. The Balaban J connectivity index is 1.66. The summed E-state index contributed by atoms with van der Waals surface area (Å²) < 4.78 is 10.9. The zero-order chi connectivity index (χ0) is 15.1. The quantitative estimate of drug-likeness (QED) is 0.631. The normalized spacial score (nSPS) is 21.5. The Labute approximate surface area is 131 Å². The van der Waals surface area contributed by atoms with Crippen LogP contribution in [-0.4, -0.2) is 18.0 Å². The second-order valence-electron chi connectivity index (χ2n) is 5.31. The number of carbonyl (C=O) groups excluding carboxylic acids is 1. The van der Waals surface area contributed by atoms with Crippen molar-refractivity contribution < 1.29 is 14.3 Å². The van der Waals surface area contributed by atoms with E-state index in [0.717, 1.165) is 28.2 Å². The standard InChI is InChI=1S/C17H13NO3S/c1-10-7-12-8-11(4-5-14(12)20-10)9-13-17(19)21-16(18-13)15-3-2-6-22-15/h2-6,8-10H,7H2,1H3/b13-9-/t10-/m0/s1. The lowest BCUT2D eigenvalue weighted by molar-refractivity contribution is -0.129. The number of ether oxygens (including phenoxy) is 2. The maximum Gasteiger partial charge on any atom is 0.363 e. The van der Waals surface area contributed by atoms with E-state index in [-0.39, 0.29) is 6.10 Å². The summed E-state index contributed by atoms with van der Waals surface area (Å²) in [5.74, 6) is 0.893. The van der Waals surface area contributed by atoms with Gasteiger partial charge < -0.3 is 9.47 Å². The van der Waals surface area contributed by atoms with Gasteiger partial charge in [0, 0.05) is 6.42 Å². The van der Waals surface area contributed by atoms with Crippen molar-refractivity contribution in [2.75, 3.05) is 0 Å². The summed E-state index contributed by atoms with van der Waals surface area (Å²) >= 11 is 1.50. The molecule has 2 aliphatic rings. The van der Waals surface area contributed by atoms with E-state index in [9.17, 15) is 4.79 Å². The van der Waals surface area contributed by atoms with Crippen LogP contribution in [0, 0.1) is 0 Å². The van der Waals surface area contributed by atoms with E-state index >= 15 is 0 Å². The van der Waals surface area contributed by atoms with Crippen LogP contribution in [0.4, 0.5) is 0 Å². The van der Waals surface area contributed by atoms with Crippen molar-refractivity contribution in [1.82, 2.24) is 0 Å². The lowest BCUT2D eigenvalue weighted by Gasteiger charge is -2.02. The van der Waals surface area contributed by atoms with Crippen molar-refractivity contribution in [2.24, 2.45) is 4.99 Å². The molecule has 1 atom stereocenters. The van der Waals surface area contributed by atoms with E-state index in [1.807, 2.05) is 42.6 Å². The first-order valence-corrected chi connectivity index (χ1v) is 7.93. The molecule has 0 fully saturated rings. The van der Waals surface area contributed by atoms with Gasteiger partial charge in [-0.15, -0.1) is 11.3 Å². The average Bonchev–Trinajstić information content (AvgIpc) is 3.18. The third-order valence-corrected chi connectivity index (χ3v) is 4.43. The van der Waals surface area contributed by atoms with Crippen LogP contribution in [0.25, 0.3) is 6.08 Å². The smallest absolute Gasteiger partial charge is 0.363 e. The third kappa shape index (κ3) is 2.33. The minimum atomic E-state index is -0.409. The molecule has 1 aromatic heterocycles. The van der Waals surface area contributed by atoms with Crippen LogP contribution >= 0.6 is 11.3 Å². The number of benzene rings is 1. The van der Waals surface area contributed by atoms with Crippen LogP contribution in [0.15, 0.2) is 46.4 Å². The highest BCUT2D eigenvalue weighted by Gasteiger charge is 2.25. The maximum atomic E-state index is 11.9. The SMILES string of the molecule is C[C@H]1Cc2cc(/C=C3\N=C(c4cccs4)OC3=O)ccc2O1. The minimum Gasteiger partial charge on any atom is -0.490 e. The number of cyclic esters (lactones) is 1. The zero-order valence-electron chi connectivity index (χ0n) is 11.9. The second-order valence-corrected chi connectivity index (χ2v) is 6.26. The van der Waals surface area contributed by atoms with Crippen molar-refractivity contribution in [3.63, 3.8) is 0 Å². The van der Waals surface area contributed by atoms with E-state index in [0.29, 0.717) is 11.6 Å². The molecule has 0 saturated carbocycles. The molecule has 3 heterocycles. The van der Waals surface area contributed by atoms with Crippen LogP contribution in [0.1, 0.15) is 22.9 Å². The number of carbonyl (C=O) groups is 1. The van der Waals surface area contributed by atoms with Gasteiger partial charge in [0.1, 0.15) is 11.9 Å². The molecular formula is C17H13NO3S. The summed E-state index contributed by atoms with van der Waals surface area (Å²) in [4.78, 5) is 17.1. The molecule has 4 rings (SSSR count). The highest BCUT2D eigenvalue weighted by Crippen LogP contribution is 2.30. The molecule has 110 valence electrons. The first kappa shape index (κ1) is 13.3. The molecule has 0 aliphatic carbocycles. The third-order valence-electron chi connectivity index (χ3n) is 3.58. The lowest BCUT2D eigenvalue weighted by atomic mass is 10.1. The predicted molar refractivity (Wildman–Crippen MR) is 85.2 cm³/mol. The summed E-state index contributed by atoms with van der Waals surface area (Å²) in [6.45, 7) is 2.05. The van der Waals surface area contributed by atoms with E-state index in [1.54, 1.807) is 6.08 Å². The number of hydrogen-bond acceptors (Lipinski definition) is 5. The van der Waals surface area contributed by atoms with Crippen molar-refractivity contribution in [1.29, 1.82) is 0 Å². The molecule has 0 radical (unpaired) electrons. The Kier molecular flexibility index (Phi) is 3.08. The van der Waals surface area contributed by atoms with Crippen molar-refractivity contribution >= 4 is 29.3 Å². The Bertz CT molecular complexity index is 805. The molecule has 0 N–H and O–H groups in total. The number of fused-ring (bicyclic) bond motifs is 1. The average molecular weight is 311 g/mol.